The van der Waals surface area contributed by atoms with Crippen LogP contribution in [0.4, 0.5) is 0 Å². The van der Waals surface area contributed by atoms with Crippen molar-refractivity contribution in [1.82, 2.24) is 14.8 Å². The fourth-order valence-corrected chi connectivity index (χ4v) is 3.68. The second-order valence-electron chi connectivity index (χ2n) is 5.03. The van der Waals surface area contributed by atoms with Gasteiger partial charge in [0, 0.05) is 22.0 Å². The van der Waals surface area contributed by atoms with Gasteiger partial charge >= 0.3 is 0 Å². The van der Waals surface area contributed by atoms with Crippen LogP contribution in [0.3, 0.4) is 0 Å². The molecule has 0 spiro atoms. The van der Waals surface area contributed by atoms with E-state index in [1.165, 1.54) is 6.33 Å². The summed E-state index contributed by atoms with van der Waals surface area (Å²) in [5, 5.41) is 5.18. The summed E-state index contributed by atoms with van der Waals surface area (Å²) in [5.74, 6) is 0. The molecular formula is C13H11Cl4N3O. The van der Waals surface area contributed by atoms with Crippen molar-refractivity contribution in [3.05, 3.63) is 46.5 Å². The normalized spacial score (nSPS) is 24.4. The molecule has 0 amide bonds. The number of hydrogen-bond acceptors (Lipinski definition) is 3. The van der Waals surface area contributed by atoms with E-state index in [-0.39, 0.29) is 6.61 Å². The van der Waals surface area contributed by atoms with Crippen molar-refractivity contribution >= 4 is 46.4 Å². The summed E-state index contributed by atoms with van der Waals surface area (Å²) < 4.78 is 6.65. The average Bonchev–Trinajstić information content (AvgIpc) is 2.98. The molecule has 1 aromatic heterocycles. The number of aromatic nitrogens is 3. The number of alkyl halides is 2. The van der Waals surface area contributed by atoms with Gasteiger partial charge in [-0.05, 0) is 12.1 Å². The van der Waals surface area contributed by atoms with E-state index in [4.69, 9.17) is 51.1 Å². The van der Waals surface area contributed by atoms with Gasteiger partial charge in [-0.25, -0.2) is 9.67 Å². The molecule has 4 nitrogen and oxygen atoms in total. The molecular weight excluding hydrogens is 356 g/mol. The number of nitrogens with zero attached hydrogens (tertiary/aromatic N) is 3. The molecule has 1 aliphatic heterocycles. The Labute approximate surface area is 141 Å². The van der Waals surface area contributed by atoms with E-state index in [0.29, 0.717) is 23.0 Å². The van der Waals surface area contributed by atoms with Gasteiger partial charge in [0.1, 0.15) is 22.6 Å². The Morgan fingerprint density at radius 3 is 2.67 bits per heavy atom. The monoisotopic (exact) mass is 365 g/mol. The van der Waals surface area contributed by atoms with Crippen LogP contribution >= 0.6 is 46.4 Å². The highest BCUT2D eigenvalue weighted by Crippen LogP contribution is 2.49. The Morgan fingerprint density at radius 1 is 1.29 bits per heavy atom. The molecule has 1 fully saturated rings. The fourth-order valence-electron chi connectivity index (χ4n) is 2.56. The van der Waals surface area contributed by atoms with Crippen molar-refractivity contribution in [2.24, 2.45) is 0 Å². The Hall–Kier alpha value is -0.520. The lowest BCUT2D eigenvalue weighted by molar-refractivity contribution is -0.0170. The van der Waals surface area contributed by atoms with Crippen molar-refractivity contribution in [1.29, 1.82) is 0 Å². The quantitative estimate of drug-likeness (QED) is 0.768. The number of rotatable bonds is 3. The van der Waals surface area contributed by atoms with E-state index < -0.39 is 9.93 Å². The van der Waals surface area contributed by atoms with Crippen molar-refractivity contribution in [3.63, 3.8) is 0 Å². The summed E-state index contributed by atoms with van der Waals surface area (Å²) in [7, 11) is 0. The molecule has 21 heavy (non-hydrogen) atoms. The first-order chi connectivity index (χ1) is 9.90. The lowest BCUT2D eigenvalue weighted by atomic mass is 9.90. The molecule has 8 heteroatoms. The standard InChI is InChI=1S/C13H11Cl4N3O/c14-9-1-2-10(11(15)3-9)12(4-13(16,17)6-21-12)5-20-8-18-7-19-20/h1-3,7-8H,4-6H2. The predicted octanol–water partition coefficient (Wildman–Crippen LogP) is 4.07. The molecule has 0 saturated carbocycles. The molecule has 1 saturated heterocycles. The lowest BCUT2D eigenvalue weighted by Gasteiger charge is -2.30. The molecule has 3 rings (SSSR count). The summed E-state index contributed by atoms with van der Waals surface area (Å²) in [4.78, 5) is 3.94. The zero-order chi connectivity index (χ0) is 15.1. The van der Waals surface area contributed by atoms with Crippen LogP contribution in [0.5, 0.6) is 0 Å². The molecule has 0 bridgehead atoms. The first-order valence-corrected chi connectivity index (χ1v) is 7.71. The Balaban J connectivity index is 2.04. The maximum Gasteiger partial charge on any atom is 0.144 e. The third-order valence-corrected chi connectivity index (χ3v) is 4.44. The van der Waals surface area contributed by atoms with E-state index in [9.17, 15) is 0 Å². The molecule has 2 heterocycles. The van der Waals surface area contributed by atoms with Crippen LogP contribution in [0.2, 0.25) is 10.0 Å². The number of benzene rings is 1. The van der Waals surface area contributed by atoms with Crippen LogP contribution in [-0.2, 0) is 16.9 Å². The Bertz CT molecular complexity index is 647. The first kappa shape index (κ1) is 15.4. The van der Waals surface area contributed by atoms with Crippen LogP contribution in [0.25, 0.3) is 0 Å². The van der Waals surface area contributed by atoms with Crippen molar-refractivity contribution in [3.8, 4) is 0 Å². The van der Waals surface area contributed by atoms with Crippen LogP contribution in [-0.4, -0.2) is 25.7 Å². The van der Waals surface area contributed by atoms with Gasteiger partial charge in [-0.2, -0.15) is 5.10 Å². The Morgan fingerprint density at radius 2 is 2.10 bits per heavy atom. The average molecular weight is 367 g/mol. The summed E-state index contributed by atoms with van der Waals surface area (Å²) >= 11 is 24.8. The van der Waals surface area contributed by atoms with Gasteiger partial charge in [0.25, 0.3) is 0 Å². The van der Waals surface area contributed by atoms with Gasteiger partial charge in [-0.1, -0.05) is 52.5 Å². The molecule has 0 aliphatic carbocycles. The van der Waals surface area contributed by atoms with Crippen molar-refractivity contribution in [2.45, 2.75) is 22.9 Å². The summed E-state index contributed by atoms with van der Waals surface area (Å²) in [6, 6.07) is 5.27. The molecule has 2 aromatic rings. The SMILES string of the molecule is Clc1ccc(C2(Cn3cncn3)CC(Cl)(Cl)CO2)c(Cl)c1. The van der Waals surface area contributed by atoms with E-state index in [2.05, 4.69) is 10.1 Å². The maximum atomic E-state index is 6.34. The largest absolute Gasteiger partial charge is 0.365 e. The van der Waals surface area contributed by atoms with Crippen molar-refractivity contribution in [2.75, 3.05) is 6.61 Å². The van der Waals surface area contributed by atoms with Gasteiger partial charge in [0.2, 0.25) is 0 Å². The van der Waals surface area contributed by atoms with E-state index >= 15 is 0 Å². The van der Waals surface area contributed by atoms with Gasteiger partial charge in [0.15, 0.2) is 0 Å². The van der Waals surface area contributed by atoms with E-state index in [1.54, 1.807) is 23.1 Å². The molecule has 0 N–H and O–H groups in total. The van der Waals surface area contributed by atoms with Crippen LogP contribution in [0.1, 0.15) is 12.0 Å². The molecule has 1 aliphatic rings. The van der Waals surface area contributed by atoms with Crippen molar-refractivity contribution < 1.29 is 4.74 Å². The number of ether oxygens (including phenoxy) is 1. The molecule has 1 unspecified atom stereocenters. The van der Waals surface area contributed by atoms with Crippen LogP contribution in [0, 0.1) is 0 Å². The third-order valence-electron chi connectivity index (χ3n) is 3.41. The van der Waals surface area contributed by atoms with Gasteiger partial charge in [-0.3, -0.25) is 0 Å². The second kappa shape index (κ2) is 5.60. The molecule has 1 aromatic carbocycles. The second-order valence-corrected chi connectivity index (χ2v) is 7.52. The summed E-state index contributed by atoms with van der Waals surface area (Å²) in [6.45, 7) is 0.624. The highest BCUT2D eigenvalue weighted by atomic mass is 35.5. The maximum absolute atomic E-state index is 6.34. The predicted molar refractivity (Wildman–Crippen MR) is 83.2 cm³/mol. The smallest absolute Gasteiger partial charge is 0.144 e. The van der Waals surface area contributed by atoms with Gasteiger partial charge in [0.05, 0.1) is 13.2 Å². The topological polar surface area (TPSA) is 39.9 Å². The van der Waals surface area contributed by atoms with Crippen LogP contribution in [0.15, 0.2) is 30.9 Å². The van der Waals surface area contributed by atoms with E-state index in [0.717, 1.165) is 5.56 Å². The zero-order valence-electron chi connectivity index (χ0n) is 10.8. The van der Waals surface area contributed by atoms with Gasteiger partial charge in [-0.15, -0.1) is 0 Å². The lowest BCUT2D eigenvalue weighted by Crippen LogP contribution is -2.32. The summed E-state index contributed by atoms with van der Waals surface area (Å²) in [6.07, 6.45) is 3.46. The minimum absolute atomic E-state index is 0.212. The minimum atomic E-state index is -0.969. The third kappa shape index (κ3) is 3.15. The fraction of sp³-hybridized carbons (Fsp3) is 0.385. The molecule has 112 valence electrons. The van der Waals surface area contributed by atoms with Crippen LogP contribution < -0.4 is 0 Å². The Kier molecular flexibility index (Phi) is 4.10. The summed E-state index contributed by atoms with van der Waals surface area (Å²) in [5.41, 5.74) is 0.0195. The highest BCUT2D eigenvalue weighted by molar-refractivity contribution is 6.48. The minimum Gasteiger partial charge on any atom is -0.365 e. The van der Waals surface area contributed by atoms with E-state index in [1.807, 2.05) is 6.07 Å². The first-order valence-electron chi connectivity index (χ1n) is 6.20. The zero-order valence-corrected chi connectivity index (χ0v) is 13.8. The highest BCUT2D eigenvalue weighted by Gasteiger charge is 2.50. The molecule has 1 atom stereocenters. The van der Waals surface area contributed by atoms with Gasteiger partial charge < -0.3 is 4.74 Å². The number of halogens is 4. The number of hydrogen-bond donors (Lipinski definition) is 0. The molecule has 0 radical (unpaired) electrons.